The van der Waals surface area contributed by atoms with Gasteiger partial charge in [0.25, 0.3) is 5.91 Å². The molecule has 0 aromatic heterocycles. The van der Waals surface area contributed by atoms with Gasteiger partial charge in [-0.2, -0.15) is 0 Å². The first-order valence-corrected chi connectivity index (χ1v) is 10.7. The summed E-state index contributed by atoms with van der Waals surface area (Å²) in [5.41, 5.74) is 2.25. The van der Waals surface area contributed by atoms with E-state index < -0.39 is 6.10 Å². The van der Waals surface area contributed by atoms with Crippen molar-refractivity contribution in [3.8, 4) is 11.5 Å². The van der Waals surface area contributed by atoms with Crippen molar-refractivity contribution in [3.63, 3.8) is 0 Å². The maximum Gasteiger partial charge on any atom is 0.256 e. The summed E-state index contributed by atoms with van der Waals surface area (Å²) in [7, 11) is 0. The average Bonchev–Trinajstić information content (AvgIpc) is 3.01. The molecule has 7 heteroatoms. The Kier molecular flexibility index (Phi) is 6.84. The van der Waals surface area contributed by atoms with Crippen molar-refractivity contribution in [3.05, 3.63) is 47.5 Å². The largest absolute Gasteiger partial charge is 0.507 e. The monoisotopic (exact) mass is 414 g/mol. The molecule has 0 spiro atoms. The van der Waals surface area contributed by atoms with E-state index in [1.165, 1.54) is 11.8 Å². The fourth-order valence-electron chi connectivity index (χ4n) is 3.02. The quantitative estimate of drug-likeness (QED) is 0.391. The molecule has 1 amide bonds. The number of aromatic hydroxyl groups is 1. The number of phenolic OH excluding ortho intramolecular Hbond substituents is 1. The Bertz CT molecular complexity index is 927. The molecular formula is C22H26N2O4S. The van der Waals surface area contributed by atoms with E-state index >= 15 is 0 Å². The Hall–Kier alpha value is -2.48. The molecule has 29 heavy (non-hydrogen) atoms. The number of hydrogen-bond donors (Lipinski definition) is 4. The molecule has 0 bridgehead atoms. The number of hydrogen-bond acceptors (Lipinski definition) is 6. The van der Waals surface area contributed by atoms with Crippen molar-refractivity contribution in [2.75, 3.05) is 24.7 Å². The third-order valence-corrected chi connectivity index (χ3v) is 5.24. The van der Waals surface area contributed by atoms with Crippen molar-refractivity contribution in [2.24, 2.45) is 0 Å². The minimum Gasteiger partial charge on any atom is -0.507 e. The van der Waals surface area contributed by atoms with Gasteiger partial charge in [0.1, 0.15) is 24.2 Å². The van der Waals surface area contributed by atoms with Gasteiger partial charge in [-0.1, -0.05) is 26.0 Å². The zero-order valence-electron chi connectivity index (χ0n) is 16.7. The summed E-state index contributed by atoms with van der Waals surface area (Å²) in [5.74, 6) is 0.363. The van der Waals surface area contributed by atoms with Crippen LogP contribution in [0, 0.1) is 0 Å². The molecule has 0 saturated carbocycles. The van der Waals surface area contributed by atoms with Gasteiger partial charge in [-0.3, -0.25) is 4.79 Å². The van der Waals surface area contributed by atoms with Gasteiger partial charge in [0.15, 0.2) is 0 Å². The van der Waals surface area contributed by atoms with E-state index in [1.54, 1.807) is 36.4 Å². The SMILES string of the molecule is CSc1ccc(/C=C2\C(=O)Nc3cccc(OCC(O)CNC(C)C)c32)c(O)c1. The lowest BCUT2D eigenvalue weighted by Crippen LogP contribution is -2.35. The van der Waals surface area contributed by atoms with Gasteiger partial charge in [0.2, 0.25) is 0 Å². The summed E-state index contributed by atoms with van der Waals surface area (Å²) in [6.07, 6.45) is 2.92. The van der Waals surface area contributed by atoms with Crippen molar-refractivity contribution >= 4 is 35.0 Å². The highest BCUT2D eigenvalue weighted by atomic mass is 32.2. The summed E-state index contributed by atoms with van der Waals surface area (Å²) in [5, 5.41) is 26.4. The number of nitrogens with one attached hydrogen (secondary N) is 2. The molecule has 4 N–H and O–H groups in total. The van der Waals surface area contributed by atoms with Crippen molar-refractivity contribution in [1.82, 2.24) is 5.32 Å². The predicted octanol–water partition coefficient (Wildman–Crippen LogP) is 3.34. The summed E-state index contributed by atoms with van der Waals surface area (Å²) >= 11 is 1.53. The number of phenols is 1. The molecule has 0 saturated heterocycles. The van der Waals surface area contributed by atoms with Crippen LogP contribution in [0.5, 0.6) is 11.5 Å². The molecule has 2 aromatic rings. The van der Waals surface area contributed by atoms with Crippen molar-refractivity contribution < 1.29 is 19.7 Å². The van der Waals surface area contributed by atoms with E-state index in [2.05, 4.69) is 10.6 Å². The first kappa shape index (κ1) is 21.2. The van der Waals surface area contributed by atoms with Crippen molar-refractivity contribution in [1.29, 1.82) is 0 Å². The average molecular weight is 415 g/mol. The van der Waals surface area contributed by atoms with Crippen LogP contribution in [0.2, 0.25) is 0 Å². The van der Waals surface area contributed by atoms with Crippen LogP contribution >= 0.6 is 11.8 Å². The number of ether oxygens (including phenoxy) is 1. The third kappa shape index (κ3) is 5.12. The molecule has 0 fully saturated rings. The van der Waals surface area contributed by atoms with Crippen LogP contribution < -0.4 is 15.4 Å². The Morgan fingerprint density at radius 3 is 2.76 bits per heavy atom. The van der Waals surface area contributed by atoms with Crippen LogP contribution in [0.3, 0.4) is 0 Å². The molecule has 3 rings (SSSR count). The molecular weight excluding hydrogens is 388 g/mol. The lowest BCUT2D eigenvalue weighted by atomic mass is 10.0. The zero-order valence-corrected chi connectivity index (χ0v) is 17.5. The predicted molar refractivity (Wildman–Crippen MR) is 117 cm³/mol. The number of aliphatic hydroxyl groups excluding tert-OH is 1. The van der Waals surface area contributed by atoms with E-state index in [0.29, 0.717) is 34.7 Å². The number of anilines is 1. The Balaban J connectivity index is 1.86. The number of benzene rings is 2. The standard InChI is InChI=1S/C22H26N2O4S/c1-13(2)23-11-15(25)12-28-20-6-4-5-18-21(20)17(22(27)24-18)9-14-7-8-16(29-3)10-19(14)26/h4-10,13,15,23,25-26H,11-12H2,1-3H3,(H,24,27)/b17-9-. The molecule has 1 atom stereocenters. The summed E-state index contributed by atoms with van der Waals surface area (Å²) in [6, 6.07) is 11.0. The van der Waals surface area contributed by atoms with Gasteiger partial charge in [-0.15, -0.1) is 11.8 Å². The van der Waals surface area contributed by atoms with Crippen molar-refractivity contribution in [2.45, 2.75) is 30.9 Å². The molecule has 154 valence electrons. The molecule has 2 aromatic carbocycles. The molecule has 6 nitrogen and oxygen atoms in total. The van der Waals surface area contributed by atoms with Gasteiger partial charge < -0.3 is 25.6 Å². The van der Waals surface area contributed by atoms with E-state index in [9.17, 15) is 15.0 Å². The van der Waals surface area contributed by atoms with E-state index in [-0.39, 0.29) is 24.3 Å². The normalized spacial score (nSPS) is 15.5. The number of amides is 1. The zero-order chi connectivity index (χ0) is 21.0. The maximum absolute atomic E-state index is 12.6. The highest BCUT2D eigenvalue weighted by Gasteiger charge is 2.28. The van der Waals surface area contributed by atoms with Crippen LogP contribution in [-0.2, 0) is 4.79 Å². The van der Waals surface area contributed by atoms with Crippen LogP contribution in [0.1, 0.15) is 25.0 Å². The fourth-order valence-corrected chi connectivity index (χ4v) is 3.45. The number of rotatable bonds is 8. The van der Waals surface area contributed by atoms with Gasteiger partial charge >= 0.3 is 0 Å². The summed E-state index contributed by atoms with van der Waals surface area (Å²) in [4.78, 5) is 13.5. The Labute approximate surface area is 175 Å². The van der Waals surface area contributed by atoms with Crippen LogP contribution in [0.25, 0.3) is 11.6 Å². The van der Waals surface area contributed by atoms with Gasteiger partial charge in [-0.05, 0) is 36.6 Å². The van der Waals surface area contributed by atoms with Gasteiger partial charge in [0.05, 0.1) is 16.8 Å². The molecule has 0 radical (unpaired) electrons. The first-order valence-electron chi connectivity index (χ1n) is 9.46. The second-order valence-electron chi connectivity index (χ2n) is 7.14. The number of aliphatic hydroxyl groups is 1. The maximum atomic E-state index is 12.6. The van der Waals surface area contributed by atoms with Gasteiger partial charge in [-0.25, -0.2) is 0 Å². The number of carbonyl (C=O) groups excluding carboxylic acids is 1. The molecule has 1 heterocycles. The Morgan fingerprint density at radius 2 is 2.07 bits per heavy atom. The second kappa shape index (κ2) is 9.35. The lowest BCUT2D eigenvalue weighted by molar-refractivity contribution is -0.110. The van der Waals surface area contributed by atoms with Crippen LogP contribution in [0.15, 0.2) is 41.3 Å². The highest BCUT2D eigenvalue weighted by molar-refractivity contribution is 7.98. The van der Waals surface area contributed by atoms with E-state index in [0.717, 1.165) is 4.90 Å². The summed E-state index contributed by atoms with van der Waals surface area (Å²) < 4.78 is 5.84. The minimum absolute atomic E-state index is 0.102. The minimum atomic E-state index is -0.672. The first-order chi connectivity index (χ1) is 13.9. The smallest absolute Gasteiger partial charge is 0.256 e. The molecule has 1 aliphatic rings. The highest BCUT2D eigenvalue weighted by Crippen LogP contribution is 2.40. The van der Waals surface area contributed by atoms with E-state index in [1.807, 2.05) is 26.2 Å². The fraction of sp³-hybridized carbons (Fsp3) is 0.318. The van der Waals surface area contributed by atoms with Gasteiger partial charge in [0, 0.05) is 23.0 Å². The van der Waals surface area contributed by atoms with E-state index in [4.69, 9.17) is 4.74 Å². The number of fused-ring (bicyclic) bond motifs is 1. The van der Waals surface area contributed by atoms with Crippen LogP contribution in [-0.4, -0.2) is 47.7 Å². The lowest BCUT2D eigenvalue weighted by Gasteiger charge is -2.16. The molecule has 1 aliphatic heterocycles. The Morgan fingerprint density at radius 1 is 1.28 bits per heavy atom. The molecule has 1 unspecified atom stereocenters. The number of thioether (sulfide) groups is 1. The third-order valence-electron chi connectivity index (χ3n) is 4.52. The molecule has 0 aliphatic carbocycles. The van der Waals surface area contributed by atoms with Crippen LogP contribution in [0.4, 0.5) is 5.69 Å². The number of carbonyl (C=O) groups is 1. The topological polar surface area (TPSA) is 90.8 Å². The summed E-state index contributed by atoms with van der Waals surface area (Å²) in [6.45, 7) is 4.54. The second-order valence-corrected chi connectivity index (χ2v) is 8.02.